The lowest BCUT2D eigenvalue weighted by molar-refractivity contribution is 0.0339. The Balaban J connectivity index is 1.68. The first-order valence-electron chi connectivity index (χ1n) is 5.92. The van der Waals surface area contributed by atoms with Gasteiger partial charge in [-0.15, -0.1) is 0 Å². The zero-order valence-corrected chi connectivity index (χ0v) is 9.85. The van der Waals surface area contributed by atoms with E-state index in [2.05, 4.69) is 18.9 Å². The molecule has 1 saturated heterocycles. The molecule has 0 amide bonds. The predicted octanol–water partition coefficient (Wildman–Crippen LogP) is 0.986. The molecule has 0 spiro atoms. The number of hydrogen-bond donors (Lipinski definition) is 0. The molecule has 1 aliphatic heterocycles. The fourth-order valence-electron chi connectivity index (χ4n) is 1.88. The Hall–Kier alpha value is -0.805. The average Bonchev–Trinajstić information content (AvgIpc) is 2.98. The normalized spacial score (nSPS) is 24.8. The van der Waals surface area contributed by atoms with Gasteiger partial charge in [0.25, 0.3) is 0 Å². The number of aromatic nitrogens is 2. The van der Waals surface area contributed by atoms with Gasteiger partial charge in [-0.25, -0.2) is 0 Å². The summed E-state index contributed by atoms with van der Waals surface area (Å²) < 4.78 is 13.4. The van der Waals surface area contributed by atoms with E-state index < -0.39 is 0 Å². The van der Waals surface area contributed by atoms with Gasteiger partial charge in [-0.05, 0) is 18.9 Å². The molecule has 86 valence electrons. The predicted molar refractivity (Wildman–Crippen MR) is 61.6 cm³/mol. The Morgan fingerprint density at radius 1 is 1.38 bits per heavy atom. The van der Waals surface area contributed by atoms with Crippen LogP contribution in [0.2, 0.25) is 0 Å². The van der Waals surface area contributed by atoms with Gasteiger partial charge in [-0.2, -0.15) is 5.10 Å². The monoisotopic (exact) mass is 220 g/mol. The van der Waals surface area contributed by atoms with E-state index in [9.17, 15) is 0 Å². The summed E-state index contributed by atoms with van der Waals surface area (Å²) in [6.07, 6.45) is 4.53. The molecule has 2 fully saturated rings. The molecule has 1 saturated carbocycles. The summed E-state index contributed by atoms with van der Waals surface area (Å²) in [6, 6.07) is 2.62. The van der Waals surface area contributed by atoms with Gasteiger partial charge in [0.15, 0.2) is 0 Å². The van der Waals surface area contributed by atoms with Crippen LogP contribution in [-0.4, -0.2) is 30.1 Å². The van der Waals surface area contributed by atoms with E-state index in [-0.39, 0.29) is 12.5 Å². The third kappa shape index (κ3) is 2.02. The third-order valence-corrected chi connectivity index (χ3v) is 3.04. The van der Waals surface area contributed by atoms with Crippen LogP contribution < -0.4 is 5.59 Å². The summed E-state index contributed by atoms with van der Waals surface area (Å²) >= 11 is 0. The first-order valence-corrected chi connectivity index (χ1v) is 5.92. The summed E-state index contributed by atoms with van der Waals surface area (Å²) in [5, 5.41) is 4.51. The van der Waals surface area contributed by atoms with Crippen molar-refractivity contribution in [2.45, 2.75) is 32.7 Å². The second-order valence-electron chi connectivity index (χ2n) is 5.57. The zero-order valence-electron chi connectivity index (χ0n) is 9.85. The van der Waals surface area contributed by atoms with Gasteiger partial charge in [0.05, 0.1) is 11.6 Å². The molecular formula is C11H17BN2O2. The summed E-state index contributed by atoms with van der Waals surface area (Å²) in [4.78, 5) is 0. The number of hydrogen-bond acceptors (Lipinski definition) is 3. The molecule has 16 heavy (non-hydrogen) atoms. The van der Waals surface area contributed by atoms with E-state index >= 15 is 0 Å². The van der Waals surface area contributed by atoms with Crippen molar-refractivity contribution in [2.75, 3.05) is 13.2 Å². The lowest BCUT2D eigenvalue weighted by Crippen LogP contribution is -2.48. The molecule has 5 heteroatoms. The standard InChI is InChI=1S/C11H17BN2O2/c1-11(2)7-15-12(16-8-11)10-5-6-14(13-10)9-3-4-9/h5-6,9H,3-4,7-8H2,1-2H3. The molecule has 0 N–H and O–H groups in total. The van der Waals surface area contributed by atoms with Crippen molar-refractivity contribution in [1.82, 2.24) is 9.78 Å². The maximum Gasteiger partial charge on any atom is 0.515 e. The lowest BCUT2D eigenvalue weighted by Gasteiger charge is -2.32. The van der Waals surface area contributed by atoms with Gasteiger partial charge < -0.3 is 9.31 Å². The maximum absolute atomic E-state index is 5.69. The van der Waals surface area contributed by atoms with E-state index in [1.165, 1.54) is 12.8 Å². The topological polar surface area (TPSA) is 36.3 Å². The van der Waals surface area contributed by atoms with Crippen molar-refractivity contribution >= 4 is 12.7 Å². The van der Waals surface area contributed by atoms with E-state index in [1.54, 1.807) is 0 Å². The summed E-state index contributed by atoms with van der Waals surface area (Å²) in [5.41, 5.74) is 1.03. The van der Waals surface area contributed by atoms with Crippen LogP contribution in [0.15, 0.2) is 12.3 Å². The molecular weight excluding hydrogens is 203 g/mol. The summed E-state index contributed by atoms with van der Waals surface area (Å²) in [7, 11) is -0.270. The van der Waals surface area contributed by atoms with Crippen LogP contribution in [0.1, 0.15) is 32.7 Å². The minimum atomic E-state index is -0.270. The van der Waals surface area contributed by atoms with E-state index in [0.717, 1.165) is 18.8 Å². The largest absolute Gasteiger partial charge is 0.515 e. The van der Waals surface area contributed by atoms with Crippen LogP contribution in [0.5, 0.6) is 0 Å². The van der Waals surface area contributed by atoms with Crippen LogP contribution in [0.4, 0.5) is 0 Å². The molecule has 0 bridgehead atoms. The molecule has 4 nitrogen and oxygen atoms in total. The van der Waals surface area contributed by atoms with E-state index in [4.69, 9.17) is 9.31 Å². The highest BCUT2D eigenvalue weighted by atomic mass is 16.6. The number of rotatable bonds is 2. The molecule has 2 heterocycles. The van der Waals surface area contributed by atoms with Crippen molar-refractivity contribution in [2.24, 2.45) is 5.41 Å². The highest BCUT2D eigenvalue weighted by Gasteiger charge is 2.35. The molecule has 0 aromatic carbocycles. The zero-order chi connectivity index (χ0) is 11.2. The van der Waals surface area contributed by atoms with Gasteiger partial charge in [0.1, 0.15) is 0 Å². The SMILES string of the molecule is CC1(C)COB(c2ccn(C3CC3)n2)OC1. The fraction of sp³-hybridized carbons (Fsp3) is 0.727. The van der Waals surface area contributed by atoms with Gasteiger partial charge in [-0.3, -0.25) is 4.68 Å². The van der Waals surface area contributed by atoms with Crippen molar-refractivity contribution < 1.29 is 9.31 Å². The highest BCUT2D eigenvalue weighted by Crippen LogP contribution is 2.33. The van der Waals surface area contributed by atoms with Crippen molar-refractivity contribution in [3.8, 4) is 0 Å². The van der Waals surface area contributed by atoms with Crippen molar-refractivity contribution in [3.05, 3.63) is 12.3 Å². The van der Waals surface area contributed by atoms with Gasteiger partial charge in [0, 0.05) is 24.8 Å². The van der Waals surface area contributed by atoms with Crippen LogP contribution in [0.3, 0.4) is 0 Å². The highest BCUT2D eigenvalue weighted by molar-refractivity contribution is 6.60. The molecule has 2 aliphatic rings. The van der Waals surface area contributed by atoms with Gasteiger partial charge >= 0.3 is 7.12 Å². The van der Waals surface area contributed by atoms with Gasteiger partial charge in [-0.1, -0.05) is 13.8 Å². The van der Waals surface area contributed by atoms with Crippen LogP contribution in [0, 0.1) is 5.41 Å². The second kappa shape index (κ2) is 3.60. The quantitative estimate of drug-likeness (QED) is 0.697. The van der Waals surface area contributed by atoms with Crippen molar-refractivity contribution in [3.63, 3.8) is 0 Å². The molecule has 0 atom stereocenters. The Kier molecular flexibility index (Phi) is 2.33. The van der Waals surface area contributed by atoms with E-state index in [0.29, 0.717) is 6.04 Å². The van der Waals surface area contributed by atoms with Crippen LogP contribution >= 0.6 is 0 Å². The van der Waals surface area contributed by atoms with Gasteiger partial charge in [0.2, 0.25) is 0 Å². The fourth-order valence-corrected chi connectivity index (χ4v) is 1.88. The molecule has 0 radical (unpaired) electrons. The molecule has 1 aliphatic carbocycles. The Labute approximate surface area is 96.1 Å². The Bertz CT molecular complexity index is 377. The lowest BCUT2D eigenvalue weighted by atomic mass is 9.80. The second-order valence-corrected chi connectivity index (χ2v) is 5.57. The van der Waals surface area contributed by atoms with Crippen LogP contribution in [0.25, 0.3) is 0 Å². The third-order valence-electron chi connectivity index (χ3n) is 3.04. The molecule has 1 aromatic heterocycles. The molecule has 1 aromatic rings. The minimum Gasteiger partial charge on any atom is -0.406 e. The average molecular weight is 220 g/mol. The summed E-state index contributed by atoms with van der Waals surface area (Å²) in [6.45, 7) is 5.75. The first kappa shape index (κ1) is 10.4. The Morgan fingerprint density at radius 3 is 2.69 bits per heavy atom. The summed E-state index contributed by atoms with van der Waals surface area (Å²) in [5.74, 6) is 0. The van der Waals surface area contributed by atoms with Crippen molar-refractivity contribution in [1.29, 1.82) is 0 Å². The van der Waals surface area contributed by atoms with Crippen LogP contribution in [-0.2, 0) is 9.31 Å². The smallest absolute Gasteiger partial charge is 0.406 e. The molecule has 0 unspecified atom stereocenters. The van der Waals surface area contributed by atoms with E-state index in [1.807, 2.05) is 16.9 Å². The Morgan fingerprint density at radius 2 is 2.06 bits per heavy atom. The maximum atomic E-state index is 5.69. The number of nitrogens with zero attached hydrogens (tertiary/aromatic N) is 2. The first-order chi connectivity index (χ1) is 7.64. The minimum absolute atomic E-state index is 0.121. The molecule has 3 rings (SSSR count).